The van der Waals surface area contributed by atoms with Crippen molar-refractivity contribution in [3.63, 3.8) is 0 Å². The number of ether oxygens (including phenoxy) is 1. The Kier molecular flexibility index (Phi) is 3.42. The zero-order valence-electron chi connectivity index (χ0n) is 9.22. The molecule has 3 nitrogen and oxygen atoms in total. The van der Waals surface area contributed by atoms with Gasteiger partial charge in [0.1, 0.15) is 0 Å². The molecule has 0 aromatic rings. The quantitative estimate of drug-likeness (QED) is 0.709. The largest absolute Gasteiger partial charge is 0.376 e. The molecule has 0 spiro atoms. The van der Waals surface area contributed by atoms with Crippen molar-refractivity contribution < 1.29 is 4.74 Å². The summed E-state index contributed by atoms with van der Waals surface area (Å²) in [4.78, 5) is 2.58. The summed E-state index contributed by atoms with van der Waals surface area (Å²) in [6.45, 7) is 5.99. The van der Waals surface area contributed by atoms with E-state index in [1.165, 1.54) is 45.3 Å². The van der Waals surface area contributed by atoms with E-state index in [0.717, 1.165) is 13.1 Å². The summed E-state index contributed by atoms with van der Waals surface area (Å²) in [7, 11) is 1.84. The van der Waals surface area contributed by atoms with Crippen molar-refractivity contribution in [2.24, 2.45) is 0 Å². The average Bonchev–Trinajstić information content (AvgIpc) is 2.62. The summed E-state index contributed by atoms with van der Waals surface area (Å²) in [5.41, 5.74) is 0.180. The van der Waals surface area contributed by atoms with Gasteiger partial charge >= 0.3 is 0 Å². The molecule has 0 unspecified atom stereocenters. The van der Waals surface area contributed by atoms with Gasteiger partial charge in [-0.15, -0.1) is 0 Å². The summed E-state index contributed by atoms with van der Waals surface area (Å²) in [5.74, 6) is 0. The lowest BCUT2D eigenvalue weighted by atomic mass is 9.91. The van der Waals surface area contributed by atoms with Gasteiger partial charge in [0.25, 0.3) is 0 Å². The number of rotatable bonds is 5. The lowest BCUT2D eigenvalue weighted by Crippen LogP contribution is -2.60. The molecule has 0 saturated carbocycles. The molecule has 0 atom stereocenters. The fourth-order valence-electron chi connectivity index (χ4n) is 2.46. The first-order valence-electron chi connectivity index (χ1n) is 5.83. The molecule has 0 amide bonds. The predicted octanol–water partition coefficient (Wildman–Crippen LogP) is 0.851. The van der Waals surface area contributed by atoms with Gasteiger partial charge in [-0.2, -0.15) is 0 Å². The van der Waals surface area contributed by atoms with Gasteiger partial charge in [0.2, 0.25) is 0 Å². The second kappa shape index (κ2) is 4.60. The molecule has 0 aliphatic carbocycles. The van der Waals surface area contributed by atoms with Crippen LogP contribution in [-0.4, -0.2) is 50.3 Å². The van der Waals surface area contributed by atoms with Gasteiger partial charge in [-0.25, -0.2) is 0 Å². The van der Waals surface area contributed by atoms with Crippen LogP contribution in [0.25, 0.3) is 0 Å². The van der Waals surface area contributed by atoms with E-state index in [1.807, 2.05) is 7.11 Å². The Balaban J connectivity index is 1.61. The fraction of sp³-hybridized carbons (Fsp3) is 1.00. The van der Waals surface area contributed by atoms with Crippen LogP contribution in [0.4, 0.5) is 0 Å². The Bertz CT molecular complexity index is 169. The molecule has 2 aliphatic rings. The monoisotopic (exact) mass is 198 g/mol. The Labute approximate surface area is 86.8 Å². The number of hydrogen-bond donors (Lipinski definition) is 1. The van der Waals surface area contributed by atoms with Crippen molar-refractivity contribution >= 4 is 0 Å². The third kappa shape index (κ3) is 2.27. The van der Waals surface area contributed by atoms with E-state index in [-0.39, 0.29) is 5.60 Å². The van der Waals surface area contributed by atoms with Crippen molar-refractivity contribution in [1.29, 1.82) is 0 Å². The third-order valence-electron chi connectivity index (χ3n) is 3.63. The van der Waals surface area contributed by atoms with E-state index in [2.05, 4.69) is 10.2 Å². The summed E-state index contributed by atoms with van der Waals surface area (Å²) < 4.78 is 5.56. The second-order valence-corrected chi connectivity index (χ2v) is 4.64. The van der Waals surface area contributed by atoms with Crippen LogP contribution in [0.3, 0.4) is 0 Å². The highest BCUT2D eigenvalue weighted by Crippen LogP contribution is 2.22. The van der Waals surface area contributed by atoms with Gasteiger partial charge < -0.3 is 15.0 Å². The molecule has 2 heterocycles. The molecule has 1 N–H and O–H groups in total. The summed E-state index contributed by atoms with van der Waals surface area (Å²) in [6.07, 6.45) is 5.30. The van der Waals surface area contributed by atoms with E-state index < -0.39 is 0 Å². The molecular weight excluding hydrogens is 176 g/mol. The van der Waals surface area contributed by atoms with Gasteiger partial charge in [0.05, 0.1) is 5.60 Å². The highest BCUT2D eigenvalue weighted by Gasteiger charge is 2.36. The van der Waals surface area contributed by atoms with Crippen molar-refractivity contribution in [3.05, 3.63) is 0 Å². The van der Waals surface area contributed by atoms with Gasteiger partial charge in [-0.1, -0.05) is 0 Å². The molecule has 0 aromatic heterocycles. The molecule has 2 fully saturated rings. The Morgan fingerprint density at radius 1 is 1.29 bits per heavy atom. The zero-order chi connectivity index (χ0) is 9.86. The van der Waals surface area contributed by atoms with Crippen LogP contribution in [0, 0.1) is 0 Å². The zero-order valence-corrected chi connectivity index (χ0v) is 9.22. The van der Waals surface area contributed by atoms with E-state index in [0.29, 0.717) is 0 Å². The smallest absolute Gasteiger partial charge is 0.0926 e. The molecule has 2 saturated heterocycles. The van der Waals surface area contributed by atoms with Crippen LogP contribution in [0.5, 0.6) is 0 Å². The molecule has 82 valence electrons. The second-order valence-electron chi connectivity index (χ2n) is 4.64. The molecular formula is C11H22N2O. The van der Waals surface area contributed by atoms with E-state index in [9.17, 15) is 0 Å². The van der Waals surface area contributed by atoms with Gasteiger partial charge in [0.15, 0.2) is 0 Å². The Morgan fingerprint density at radius 2 is 2.00 bits per heavy atom. The molecule has 14 heavy (non-hydrogen) atoms. The van der Waals surface area contributed by atoms with Crippen LogP contribution >= 0.6 is 0 Å². The fourth-order valence-corrected chi connectivity index (χ4v) is 2.46. The Hall–Kier alpha value is -0.120. The first-order valence-corrected chi connectivity index (χ1v) is 5.83. The van der Waals surface area contributed by atoms with E-state index in [1.54, 1.807) is 0 Å². The first kappa shape index (κ1) is 10.4. The van der Waals surface area contributed by atoms with Crippen molar-refractivity contribution in [2.45, 2.75) is 31.3 Å². The summed E-state index contributed by atoms with van der Waals surface area (Å²) in [6, 6.07) is 0. The van der Waals surface area contributed by atoms with Gasteiger partial charge in [-0.05, 0) is 45.3 Å². The van der Waals surface area contributed by atoms with Crippen LogP contribution in [0.1, 0.15) is 25.7 Å². The lowest BCUT2D eigenvalue weighted by Gasteiger charge is -2.41. The standard InChI is InChI=1S/C11H22N2O/c1-14-11(9-12-10-11)5-4-8-13-6-2-3-7-13/h12H,2-10H2,1H3. The number of nitrogens with zero attached hydrogens (tertiary/aromatic N) is 1. The lowest BCUT2D eigenvalue weighted by molar-refractivity contribution is -0.0591. The number of nitrogens with one attached hydrogen (secondary N) is 1. The molecule has 0 radical (unpaired) electrons. The topological polar surface area (TPSA) is 24.5 Å². The SMILES string of the molecule is COC1(CCCN2CCCC2)CNC1. The van der Waals surface area contributed by atoms with Gasteiger partial charge in [0, 0.05) is 20.2 Å². The molecule has 2 rings (SSSR count). The highest BCUT2D eigenvalue weighted by atomic mass is 16.5. The van der Waals surface area contributed by atoms with E-state index >= 15 is 0 Å². The normalized spacial score (nSPS) is 26.4. The van der Waals surface area contributed by atoms with Crippen LogP contribution in [-0.2, 0) is 4.74 Å². The maximum Gasteiger partial charge on any atom is 0.0926 e. The van der Waals surface area contributed by atoms with Crippen molar-refractivity contribution in [1.82, 2.24) is 10.2 Å². The average molecular weight is 198 g/mol. The summed E-state index contributed by atoms with van der Waals surface area (Å²) in [5, 5.41) is 3.29. The highest BCUT2D eigenvalue weighted by molar-refractivity contribution is 4.94. The van der Waals surface area contributed by atoms with E-state index in [4.69, 9.17) is 4.74 Å². The Morgan fingerprint density at radius 3 is 2.50 bits per heavy atom. The predicted molar refractivity (Wildman–Crippen MR) is 57.5 cm³/mol. The van der Waals surface area contributed by atoms with Crippen LogP contribution in [0.2, 0.25) is 0 Å². The molecule has 2 aliphatic heterocycles. The van der Waals surface area contributed by atoms with Crippen molar-refractivity contribution in [3.8, 4) is 0 Å². The van der Waals surface area contributed by atoms with Crippen LogP contribution < -0.4 is 5.32 Å². The maximum atomic E-state index is 5.56. The summed E-state index contributed by atoms with van der Waals surface area (Å²) >= 11 is 0. The number of likely N-dealkylation sites (tertiary alicyclic amines) is 1. The molecule has 0 aromatic carbocycles. The van der Waals surface area contributed by atoms with Crippen molar-refractivity contribution in [2.75, 3.05) is 39.8 Å². The number of hydrogen-bond acceptors (Lipinski definition) is 3. The van der Waals surface area contributed by atoms with Crippen LogP contribution in [0.15, 0.2) is 0 Å². The number of methoxy groups -OCH3 is 1. The minimum atomic E-state index is 0.180. The maximum absolute atomic E-state index is 5.56. The van der Waals surface area contributed by atoms with Gasteiger partial charge in [-0.3, -0.25) is 0 Å². The third-order valence-corrected chi connectivity index (χ3v) is 3.63. The molecule has 0 bridgehead atoms. The first-order chi connectivity index (χ1) is 6.85. The minimum Gasteiger partial charge on any atom is -0.376 e. The minimum absolute atomic E-state index is 0.180. The molecule has 3 heteroatoms.